The van der Waals surface area contributed by atoms with Gasteiger partial charge in [-0.15, -0.1) is 0 Å². The summed E-state index contributed by atoms with van der Waals surface area (Å²) in [5, 5.41) is 0. The summed E-state index contributed by atoms with van der Waals surface area (Å²) in [5.74, 6) is -1.15. The van der Waals surface area contributed by atoms with Gasteiger partial charge in [0.25, 0.3) is 0 Å². The minimum atomic E-state index is -1.04. The van der Waals surface area contributed by atoms with Crippen LogP contribution in [0, 0.1) is 11.3 Å². The number of amides is 2. The third-order valence-corrected chi connectivity index (χ3v) is 2.69. The topological polar surface area (TPSA) is 86.2 Å². The standard InChI is InChI=1S/C7H12N2O2/c1-4-2-3-7(4,5(8)10)6(9)11/h4H,2-3H2,1H3,(H2,8,10)(H2,9,11). The number of nitrogens with two attached hydrogens (primary N) is 2. The summed E-state index contributed by atoms with van der Waals surface area (Å²) in [7, 11) is 0. The molecule has 0 radical (unpaired) electrons. The van der Waals surface area contributed by atoms with Crippen molar-refractivity contribution in [2.45, 2.75) is 19.8 Å². The molecule has 0 heterocycles. The van der Waals surface area contributed by atoms with E-state index in [1.807, 2.05) is 6.92 Å². The van der Waals surface area contributed by atoms with Crippen LogP contribution in [0.25, 0.3) is 0 Å². The van der Waals surface area contributed by atoms with Crippen molar-refractivity contribution in [2.75, 3.05) is 0 Å². The van der Waals surface area contributed by atoms with Gasteiger partial charge in [0, 0.05) is 0 Å². The van der Waals surface area contributed by atoms with Crippen molar-refractivity contribution in [1.29, 1.82) is 0 Å². The van der Waals surface area contributed by atoms with Crippen molar-refractivity contribution >= 4 is 11.8 Å². The molecule has 1 aliphatic rings. The average Bonchev–Trinajstić information content (AvgIpc) is 1.83. The highest BCUT2D eigenvalue weighted by Gasteiger charge is 2.54. The maximum atomic E-state index is 10.9. The molecule has 1 unspecified atom stereocenters. The van der Waals surface area contributed by atoms with Crippen molar-refractivity contribution < 1.29 is 9.59 Å². The predicted molar refractivity (Wildman–Crippen MR) is 39.2 cm³/mol. The van der Waals surface area contributed by atoms with Crippen LogP contribution in [0.4, 0.5) is 0 Å². The second-order valence-corrected chi connectivity index (χ2v) is 3.14. The number of carbonyl (C=O) groups is 2. The highest BCUT2D eigenvalue weighted by atomic mass is 16.2. The number of carbonyl (C=O) groups excluding carboxylic acids is 2. The van der Waals surface area contributed by atoms with E-state index in [9.17, 15) is 9.59 Å². The number of rotatable bonds is 2. The highest BCUT2D eigenvalue weighted by Crippen LogP contribution is 2.45. The van der Waals surface area contributed by atoms with Gasteiger partial charge in [0.1, 0.15) is 5.41 Å². The minimum Gasteiger partial charge on any atom is -0.369 e. The molecule has 0 bridgehead atoms. The molecule has 11 heavy (non-hydrogen) atoms. The zero-order chi connectivity index (χ0) is 8.65. The largest absolute Gasteiger partial charge is 0.369 e. The molecule has 4 N–H and O–H groups in total. The fourth-order valence-corrected chi connectivity index (χ4v) is 1.58. The quantitative estimate of drug-likeness (QED) is 0.522. The maximum Gasteiger partial charge on any atom is 0.233 e. The molecule has 2 amide bonds. The Bertz CT molecular complexity index is 198. The van der Waals surface area contributed by atoms with Gasteiger partial charge >= 0.3 is 0 Å². The molecule has 1 saturated carbocycles. The van der Waals surface area contributed by atoms with Crippen molar-refractivity contribution in [3.05, 3.63) is 0 Å². The van der Waals surface area contributed by atoms with Gasteiger partial charge < -0.3 is 11.5 Å². The van der Waals surface area contributed by atoms with E-state index < -0.39 is 17.2 Å². The monoisotopic (exact) mass is 156 g/mol. The lowest BCUT2D eigenvalue weighted by Gasteiger charge is -2.42. The Morgan fingerprint density at radius 1 is 1.36 bits per heavy atom. The van der Waals surface area contributed by atoms with Crippen LogP contribution in [-0.2, 0) is 9.59 Å². The predicted octanol–water partition coefficient (Wildman–Crippen LogP) is -0.627. The van der Waals surface area contributed by atoms with E-state index in [2.05, 4.69) is 0 Å². The highest BCUT2D eigenvalue weighted by molar-refractivity contribution is 6.04. The van der Waals surface area contributed by atoms with E-state index >= 15 is 0 Å². The molecular weight excluding hydrogens is 144 g/mol. The molecule has 0 spiro atoms. The zero-order valence-electron chi connectivity index (χ0n) is 6.46. The van der Waals surface area contributed by atoms with E-state index in [1.165, 1.54) is 0 Å². The van der Waals surface area contributed by atoms with E-state index in [-0.39, 0.29) is 5.92 Å². The van der Waals surface area contributed by atoms with Gasteiger partial charge in [-0.1, -0.05) is 6.92 Å². The van der Waals surface area contributed by atoms with Crippen LogP contribution in [-0.4, -0.2) is 11.8 Å². The van der Waals surface area contributed by atoms with Gasteiger partial charge in [0.2, 0.25) is 11.8 Å². The van der Waals surface area contributed by atoms with Crippen LogP contribution in [0.15, 0.2) is 0 Å². The van der Waals surface area contributed by atoms with Gasteiger partial charge in [-0.25, -0.2) is 0 Å². The van der Waals surface area contributed by atoms with Gasteiger partial charge in [-0.2, -0.15) is 0 Å². The molecular formula is C7H12N2O2. The van der Waals surface area contributed by atoms with Crippen molar-refractivity contribution in [3.8, 4) is 0 Å². The van der Waals surface area contributed by atoms with Gasteiger partial charge in [0.15, 0.2) is 0 Å². The van der Waals surface area contributed by atoms with Crippen molar-refractivity contribution in [2.24, 2.45) is 22.8 Å². The average molecular weight is 156 g/mol. The Morgan fingerprint density at radius 2 is 1.82 bits per heavy atom. The van der Waals surface area contributed by atoms with E-state index in [0.29, 0.717) is 6.42 Å². The molecule has 1 fully saturated rings. The van der Waals surface area contributed by atoms with Crippen LogP contribution < -0.4 is 11.5 Å². The Morgan fingerprint density at radius 3 is 1.82 bits per heavy atom. The summed E-state index contributed by atoms with van der Waals surface area (Å²) in [6.45, 7) is 1.82. The molecule has 0 aromatic carbocycles. The molecule has 1 rings (SSSR count). The lowest BCUT2D eigenvalue weighted by Crippen LogP contribution is -2.57. The zero-order valence-corrected chi connectivity index (χ0v) is 6.46. The fraction of sp³-hybridized carbons (Fsp3) is 0.714. The lowest BCUT2D eigenvalue weighted by molar-refractivity contribution is -0.151. The molecule has 1 aliphatic carbocycles. The molecule has 4 nitrogen and oxygen atoms in total. The molecule has 1 atom stereocenters. The molecule has 0 aliphatic heterocycles. The van der Waals surface area contributed by atoms with Crippen LogP contribution in [0.3, 0.4) is 0 Å². The second kappa shape index (κ2) is 2.22. The second-order valence-electron chi connectivity index (χ2n) is 3.14. The van der Waals surface area contributed by atoms with E-state index in [0.717, 1.165) is 6.42 Å². The Labute approximate surface area is 64.9 Å². The lowest BCUT2D eigenvalue weighted by atomic mass is 9.60. The number of hydrogen-bond donors (Lipinski definition) is 2. The van der Waals surface area contributed by atoms with Gasteiger partial charge in [0.05, 0.1) is 0 Å². The van der Waals surface area contributed by atoms with Gasteiger partial charge in [-0.05, 0) is 18.8 Å². The Hall–Kier alpha value is -1.06. The van der Waals surface area contributed by atoms with Crippen LogP contribution in [0.5, 0.6) is 0 Å². The van der Waals surface area contributed by atoms with Crippen molar-refractivity contribution in [1.82, 2.24) is 0 Å². The van der Waals surface area contributed by atoms with E-state index in [4.69, 9.17) is 11.5 Å². The first-order valence-corrected chi connectivity index (χ1v) is 3.61. The normalized spacial score (nSPS) is 27.2. The first-order chi connectivity index (χ1) is 5.01. The number of primary amides is 2. The third-order valence-electron chi connectivity index (χ3n) is 2.69. The summed E-state index contributed by atoms with van der Waals surface area (Å²) in [5.41, 5.74) is 9.13. The SMILES string of the molecule is CC1CCC1(C(N)=O)C(N)=O. The molecule has 0 aromatic rings. The summed E-state index contributed by atoms with van der Waals surface area (Å²) >= 11 is 0. The third kappa shape index (κ3) is 0.818. The van der Waals surface area contributed by atoms with Gasteiger partial charge in [-0.3, -0.25) is 9.59 Å². The molecule has 0 saturated heterocycles. The van der Waals surface area contributed by atoms with Crippen molar-refractivity contribution in [3.63, 3.8) is 0 Å². The first kappa shape index (κ1) is 8.04. The van der Waals surface area contributed by atoms with Crippen LogP contribution in [0.1, 0.15) is 19.8 Å². The Kier molecular flexibility index (Phi) is 1.62. The van der Waals surface area contributed by atoms with Crippen LogP contribution >= 0.6 is 0 Å². The maximum absolute atomic E-state index is 10.9. The summed E-state index contributed by atoms with van der Waals surface area (Å²) in [6, 6.07) is 0. The fourth-order valence-electron chi connectivity index (χ4n) is 1.58. The molecule has 62 valence electrons. The minimum absolute atomic E-state index is 0.0116. The number of hydrogen-bond acceptors (Lipinski definition) is 2. The molecule has 0 aromatic heterocycles. The smallest absolute Gasteiger partial charge is 0.233 e. The first-order valence-electron chi connectivity index (χ1n) is 3.61. The summed E-state index contributed by atoms with van der Waals surface area (Å²) in [6.07, 6.45) is 1.37. The summed E-state index contributed by atoms with van der Waals surface area (Å²) in [4.78, 5) is 21.8. The summed E-state index contributed by atoms with van der Waals surface area (Å²) < 4.78 is 0. The van der Waals surface area contributed by atoms with Crippen LogP contribution in [0.2, 0.25) is 0 Å². The molecule has 4 heteroatoms. The van der Waals surface area contributed by atoms with E-state index in [1.54, 1.807) is 0 Å². The Balaban J connectivity index is 2.90.